The summed E-state index contributed by atoms with van der Waals surface area (Å²) in [6, 6.07) is 13.7. The Labute approximate surface area is 171 Å². The molecule has 1 aromatic heterocycles. The summed E-state index contributed by atoms with van der Waals surface area (Å²) in [4.78, 5) is 0.213. The van der Waals surface area contributed by atoms with Crippen molar-refractivity contribution in [3.63, 3.8) is 0 Å². The summed E-state index contributed by atoms with van der Waals surface area (Å²) in [5.41, 5.74) is 3.58. The number of hydrogen-bond donors (Lipinski definition) is 1. The molecule has 3 aromatic rings. The van der Waals surface area contributed by atoms with Gasteiger partial charge in [-0.2, -0.15) is 0 Å². The van der Waals surface area contributed by atoms with Gasteiger partial charge in [-0.1, -0.05) is 36.4 Å². The van der Waals surface area contributed by atoms with Crippen LogP contribution in [0.3, 0.4) is 0 Å². The number of likely N-dealkylation sites (tertiary alicyclic amines) is 1. The highest BCUT2D eigenvalue weighted by atomic mass is 32.2. The number of sulfone groups is 1. The van der Waals surface area contributed by atoms with Gasteiger partial charge in [-0.15, -0.1) is 5.10 Å². The standard InChI is InChI=1S/C21H26N5O2S/c1-26(2)13-11-16(12-14-26)15-7-9-17(10-8-15)18-5-4-6-19(29(3,27)28)20(18)21-22-24-25-23-21/h4-10,16H,11-14H2,1-3H3,(H,22,23,24,25)/q+1. The molecule has 29 heavy (non-hydrogen) atoms. The molecule has 1 aliphatic heterocycles. The lowest BCUT2D eigenvalue weighted by Gasteiger charge is -2.37. The molecule has 0 amide bonds. The SMILES string of the molecule is C[N+]1(C)CCC(c2ccc(-c3cccc(S(C)(=O)=O)c3-c3nnn[nH]3)cc2)CC1. The average molecular weight is 413 g/mol. The number of tetrazole rings is 1. The zero-order chi connectivity index (χ0) is 20.6. The molecule has 2 aromatic carbocycles. The molecular formula is C21H26N5O2S+. The van der Waals surface area contributed by atoms with Crippen molar-refractivity contribution in [2.24, 2.45) is 0 Å². The smallest absolute Gasteiger partial charge is 0.181 e. The van der Waals surface area contributed by atoms with Gasteiger partial charge in [-0.3, -0.25) is 0 Å². The second kappa shape index (κ2) is 7.35. The zero-order valence-electron chi connectivity index (χ0n) is 17.0. The fraction of sp³-hybridized carbons (Fsp3) is 0.381. The monoisotopic (exact) mass is 412 g/mol. The van der Waals surface area contributed by atoms with Crippen molar-refractivity contribution >= 4 is 9.84 Å². The van der Waals surface area contributed by atoms with E-state index in [0.717, 1.165) is 15.6 Å². The van der Waals surface area contributed by atoms with Gasteiger partial charge in [-0.05, 0) is 39.1 Å². The van der Waals surface area contributed by atoms with Crippen LogP contribution in [0.4, 0.5) is 0 Å². The molecule has 8 heteroatoms. The van der Waals surface area contributed by atoms with Crippen molar-refractivity contribution in [3.8, 4) is 22.5 Å². The van der Waals surface area contributed by atoms with E-state index in [9.17, 15) is 8.42 Å². The highest BCUT2D eigenvalue weighted by Crippen LogP contribution is 2.36. The third-order valence-electron chi connectivity index (χ3n) is 5.87. The summed E-state index contributed by atoms with van der Waals surface area (Å²) in [6.45, 7) is 2.37. The molecule has 0 spiro atoms. The molecule has 0 atom stereocenters. The number of aromatic amines is 1. The zero-order valence-corrected chi connectivity index (χ0v) is 17.8. The van der Waals surface area contributed by atoms with E-state index in [1.54, 1.807) is 12.1 Å². The first kappa shape index (κ1) is 19.7. The fourth-order valence-corrected chi connectivity index (χ4v) is 5.03. The van der Waals surface area contributed by atoms with Crippen LogP contribution in [-0.4, -0.2) is 67.0 Å². The molecular weight excluding hydrogens is 386 g/mol. The molecule has 1 N–H and O–H groups in total. The van der Waals surface area contributed by atoms with Crippen LogP contribution in [0, 0.1) is 0 Å². The Morgan fingerprint density at radius 2 is 1.72 bits per heavy atom. The van der Waals surface area contributed by atoms with Crippen LogP contribution in [-0.2, 0) is 9.84 Å². The maximum absolute atomic E-state index is 12.4. The van der Waals surface area contributed by atoms with E-state index in [-0.39, 0.29) is 4.90 Å². The van der Waals surface area contributed by atoms with E-state index in [0.29, 0.717) is 17.3 Å². The van der Waals surface area contributed by atoms with Crippen molar-refractivity contribution in [1.82, 2.24) is 20.6 Å². The highest BCUT2D eigenvalue weighted by Gasteiger charge is 2.27. The number of benzene rings is 2. The minimum atomic E-state index is -3.44. The number of piperidine rings is 1. The van der Waals surface area contributed by atoms with Crippen LogP contribution >= 0.6 is 0 Å². The van der Waals surface area contributed by atoms with Crippen molar-refractivity contribution in [1.29, 1.82) is 0 Å². The lowest BCUT2D eigenvalue weighted by atomic mass is 9.87. The minimum absolute atomic E-state index is 0.213. The van der Waals surface area contributed by atoms with Gasteiger partial charge in [0.15, 0.2) is 15.7 Å². The lowest BCUT2D eigenvalue weighted by Crippen LogP contribution is -2.45. The molecule has 4 rings (SSSR count). The Morgan fingerprint density at radius 1 is 1.03 bits per heavy atom. The normalized spacial score (nSPS) is 17.3. The molecule has 0 aliphatic carbocycles. The summed E-state index contributed by atoms with van der Waals surface area (Å²) in [5.74, 6) is 0.924. The first-order valence-electron chi connectivity index (χ1n) is 9.74. The molecule has 1 fully saturated rings. The maximum Gasteiger partial charge on any atom is 0.181 e. The van der Waals surface area contributed by atoms with Gasteiger partial charge >= 0.3 is 0 Å². The van der Waals surface area contributed by atoms with Gasteiger partial charge in [0.2, 0.25) is 0 Å². The number of hydrogen-bond acceptors (Lipinski definition) is 5. The molecule has 0 bridgehead atoms. The number of rotatable bonds is 4. The second-order valence-electron chi connectivity index (χ2n) is 8.48. The van der Waals surface area contributed by atoms with E-state index in [1.807, 2.05) is 6.07 Å². The van der Waals surface area contributed by atoms with Crippen molar-refractivity contribution < 1.29 is 12.9 Å². The lowest BCUT2D eigenvalue weighted by molar-refractivity contribution is -0.895. The number of H-pyrrole nitrogens is 1. The summed E-state index contributed by atoms with van der Waals surface area (Å²) in [5, 5.41) is 13.9. The summed E-state index contributed by atoms with van der Waals surface area (Å²) < 4.78 is 25.8. The molecule has 0 saturated carbocycles. The average Bonchev–Trinajstić information content (AvgIpc) is 3.21. The number of nitrogens with one attached hydrogen (secondary N) is 1. The van der Waals surface area contributed by atoms with Crippen LogP contribution in [0.5, 0.6) is 0 Å². The quantitative estimate of drug-likeness (QED) is 0.666. The van der Waals surface area contributed by atoms with E-state index in [1.165, 1.54) is 37.8 Å². The molecule has 1 aliphatic rings. The molecule has 2 heterocycles. The van der Waals surface area contributed by atoms with Gasteiger partial charge in [0.25, 0.3) is 0 Å². The minimum Gasteiger partial charge on any atom is -0.328 e. The second-order valence-corrected chi connectivity index (χ2v) is 10.5. The molecule has 152 valence electrons. The Balaban J connectivity index is 1.72. The van der Waals surface area contributed by atoms with E-state index < -0.39 is 9.84 Å². The number of nitrogens with zero attached hydrogens (tertiary/aromatic N) is 4. The number of aromatic nitrogens is 4. The first-order chi connectivity index (χ1) is 13.7. The predicted molar refractivity (Wildman–Crippen MR) is 112 cm³/mol. The third kappa shape index (κ3) is 4.09. The molecule has 0 unspecified atom stereocenters. The topological polar surface area (TPSA) is 88.6 Å². The van der Waals surface area contributed by atoms with Crippen molar-refractivity contribution in [2.75, 3.05) is 33.4 Å². The van der Waals surface area contributed by atoms with Crippen LogP contribution in [0.2, 0.25) is 0 Å². The first-order valence-corrected chi connectivity index (χ1v) is 11.6. The highest BCUT2D eigenvalue weighted by molar-refractivity contribution is 7.90. The van der Waals surface area contributed by atoms with E-state index >= 15 is 0 Å². The predicted octanol–water partition coefficient (Wildman–Crippen LogP) is 2.89. The molecule has 0 radical (unpaired) electrons. The van der Waals surface area contributed by atoms with Crippen LogP contribution < -0.4 is 0 Å². The van der Waals surface area contributed by atoms with Crippen LogP contribution in [0.1, 0.15) is 24.3 Å². The van der Waals surface area contributed by atoms with Gasteiger partial charge in [-0.25, -0.2) is 13.5 Å². The fourth-order valence-electron chi connectivity index (χ4n) is 4.12. The summed E-state index contributed by atoms with van der Waals surface area (Å²) in [7, 11) is 1.13. The summed E-state index contributed by atoms with van der Waals surface area (Å²) >= 11 is 0. The molecule has 1 saturated heterocycles. The van der Waals surface area contributed by atoms with E-state index in [4.69, 9.17) is 0 Å². The summed E-state index contributed by atoms with van der Waals surface area (Å²) in [6.07, 6.45) is 3.57. The van der Waals surface area contributed by atoms with Gasteiger partial charge in [0.1, 0.15) is 0 Å². The van der Waals surface area contributed by atoms with Crippen molar-refractivity contribution in [2.45, 2.75) is 23.7 Å². The molecule has 7 nitrogen and oxygen atoms in total. The number of quaternary nitrogens is 1. The Morgan fingerprint density at radius 3 is 2.31 bits per heavy atom. The van der Waals surface area contributed by atoms with Gasteiger partial charge in [0, 0.05) is 24.7 Å². The Bertz CT molecular complexity index is 1100. The van der Waals surface area contributed by atoms with E-state index in [2.05, 4.69) is 59.0 Å². The Kier molecular flexibility index (Phi) is 5.00. The third-order valence-corrected chi connectivity index (χ3v) is 7.01. The van der Waals surface area contributed by atoms with Crippen LogP contribution in [0.25, 0.3) is 22.5 Å². The van der Waals surface area contributed by atoms with Gasteiger partial charge in [0.05, 0.1) is 32.1 Å². The maximum atomic E-state index is 12.4. The Hall–Kier alpha value is -2.58. The van der Waals surface area contributed by atoms with Gasteiger partial charge < -0.3 is 4.48 Å². The van der Waals surface area contributed by atoms with Crippen molar-refractivity contribution in [3.05, 3.63) is 48.0 Å². The largest absolute Gasteiger partial charge is 0.328 e. The van der Waals surface area contributed by atoms with Crippen LogP contribution in [0.15, 0.2) is 47.4 Å².